The minimum absolute atomic E-state index is 0.754. The summed E-state index contributed by atoms with van der Waals surface area (Å²) in [5.41, 5.74) is 0. The van der Waals surface area contributed by atoms with Crippen LogP contribution in [0.5, 0.6) is 0 Å². The van der Waals surface area contributed by atoms with Gasteiger partial charge in [-0.25, -0.2) is 0 Å². The summed E-state index contributed by atoms with van der Waals surface area (Å²) in [4.78, 5) is 2.78. The van der Waals surface area contributed by atoms with E-state index in [0.717, 1.165) is 30.3 Å². The lowest BCUT2D eigenvalue weighted by molar-refractivity contribution is 0.182. The fraction of sp³-hybridized carbons (Fsp3) is 1.00. The van der Waals surface area contributed by atoms with Crippen LogP contribution in [0.1, 0.15) is 66.7 Å². The van der Waals surface area contributed by atoms with Gasteiger partial charge in [0.1, 0.15) is 0 Å². The van der Waals surface area contributed by atoms with Crippen LogP contribution in [0.4, 0.5) is 0 Å². The number of nitrogens with zero attached hydrogens (tertiary/aromatic N) is 1. The van der Waals surface area contributed by atoms with E-state index in [0.29, 0.717) is 0 Å². The normalized spacial score (nSPS) is 23.2. The van der Waals surface area contributed by atoms with Crippen molar-refractivity contribution < 1.29 is 0 Å². The molecular formula is C18H38N2. The molecule has 1 saturated heterocycles. The predicted molar refractivity (Wildman–Crippen MR) is 90.2 cm³/mol. The summed E-state index contributed by atoms with van der Waals surface area (Å²) in [6.07, 6.45) is 6.89. The zero-order chi connectivity index (χ0) is 15.0. The first-order chi connectivity index (χ1) is 9.54. The predicted octanol–water partition coefficient (Wildman–Crippen LogP) is 4.16. The largest absolute Gasteiger partial charge is 0.315 e. The Hall–Kier alpha value is -0.0800. The van der Waals surface area contributed by atoms with Crippen LogP contribution in [0.15, 0.2) is 0 Å². The molecule has 0 saturated carbocycles. The van der Waals surface area contributed by atoms with Gasteiger partial charge in [0.05, 0.1) is 0 Å². The van der Waals surface area contributed by atoms with Crippen LogP contribution < -0.4 is 5.32 Å². The summed E-state index contributed by atoms with van der Waals surface area (Å²) in [7, 11) is 0. The molecule has 0 aromatic heterocycles. The van der Waals surface area contributed by atoms with E-state index in [1.165, 1.54) is 51.7 Å². The quantitative estimate of drug-likeness (QED) is 0.719. The molecule has 0 aliphatic carbocycles. The van der Waals surface area contributed by atoms with Crippen molar-refractivity contribution in [2.75, 3.05) is 26.2 Å². The summed E-state index contributed by atoms with van der Waals surface area (Å²) < 4.78 is 0. The molecule has 0 spiro atoms. The highest BCUT2D eigenvalue weighted by Crippen LogP contribution is 2.25. The van der Waals surface area contributed by atoms with Gasteiger partial charge >= 0.3 is 0 Å². The molecule has 0 aromatic rings. The Bertz CT molecular complexity index is 238. The van der Waals surface area contributed by atoms with E-state index in [1.807, 2.05) is 0 Å². The second kappa shape index (κ2) is 9.78. The van der Waals surface area contributed by atoms with Crippen LogP contribution in [0.2, 0.25) is 0 Å². The van der Waals surface area contributed by atoms with E-state index in [-0.39, 0.29) is 0 Å². The molecule has 0 radical (unpaired) electrons. The van der Waals surface area contributed by atoms with Crippen molar-refractivity contribution in [1.82, 2.24) is 10.2 Å². The van der Waals surface area contributed by atoms with Gasteiger partial charge in [-0.2, -0.15) is 0 Å². The summed E-state index contributed by atoms with van der Waals surface area (Å²) >= 11 is 0. The summed E-state index contributed by atoms with van der Waals surface area (Å²) in [6, 6.07) is 0.754. The minimum Gasteiger partial charge on any atom is -0.315 e. The van der Waals surface area contributed by atoms with E-state index in [4.69, 9.17) is 0 Å². The SMILES string of the molecule is CCCC(CNCC(C)C)N1CCCC(C(C)C)CC1. The van der Waals surface area contributed by atoms with Crippen LogP contribution in [-0.4, -0.2) is 37.1 Å². The summed E-state index contributed by atoms with van der Waals surface area (Å²) in [5.74, 6) is 2.57. The van der Waals surface area contributed by atoms with Gasteiger partial charge in [-0.3, -0.25) is 4.90 Å². The summed E-state index contributed by atoms with van der Waals surface area (Å²) in [5, 5.41) is 3.68. The number of hydrogen-bond acceptors (Lipinski definition) is 2. The van der Waals surface area contributed by atoms with Crippen molar-refractivity contribution in [3.8, 4) is 0 Å². The average molecular weight is 283 g/mol. The Balaban J connectivity index is 2.44. The van der Waals surface area contributed by atoms with Crippen molar-refractivity contribution in [2.45, 2.75) is 72.8 Å². The highest BCUT2D eigenvalue weighted by atomic mass is 15.2. The first kappa shape index (κ1) is 18.0. The zero-order valence-corrected chi connectivity index (χ0v) is 14.6. The third-order valence-corrected chi connectivity index (χ3v) is 4.82. The molecule has 120 valence electrons. The molecule has 1 fully saturated rings. The molecular weight excluding hydrogens is 244 g/mol. The summed E-state index contributed by atoms with van der Waals surface area (Å²) in [6.45, 7) is 16.7. The topological polar surface area (TPSA) is 15.3 Å². The van der Waals surface area contributed by atoms with Gasteiger partial charge in [0.15, 0.2) is 0 Å². The Morgan fingerprint density at radius 2 is 1.80 bits per heavy atom. The smallest absolute Gasteiger partial charge is 0.0220 e. The van der Waals surface area contributed by atoms with E-state index in [2.05, 4.69) is 44.8 Å². The average Bonchev–Trinajstić information content (AvgIpc) is 2.63. The van der Waals surface area contributed by atoms with Crippen LogP contribution in [-0.2, 0) is 0 Å². The molecule has 1 heterocycles. The van der Waals surface area contributed by atoms with Crippen molar-refractivity contribution >= 4 is 0 Å². The van der Waals surface area contributed by atoms with E-state index in [1.54, 1.807) is 0 Å². The minimum atomic E-state index is 0.754. The number of nitrogens with one attached hydrogen (secondary N) is 1. The van der Waals surface area contributed by atoms with Gasteiger partial charge in [0.25, 0.3) is 0 Å². The van der Waals surface area contributed by atoms with Crippen LogP contribution >= 0.6 is 0 Å². The van der Waals surface area contributed by atoms with E-state index >= 15 is 0 Å². The lowest BCUT2D eigenvalue weighted by Gasteiger charge is -2.31. The Morgan fingerprint density at radius 1 is 1.05 bits per heavy atom. The third kappa shape index (κ3) is 6.58. The van der Waals surface area contributed by atoms with Gasteiger partial charge in [0.2, 0.25) is 0 Å². The molecule has 1 N–H and O–H groups in total. The lowest BCUT2D eigenvalue weighted by Crippen LogP contribution is -2.43. The van der Waals surface area contributed by atoms with Crippen molar-refractivity contribution in [2.24, 2.45) is 17.8 Å². The molecule has 2 heteroatoms. The van der Waals surface area contributed by atoms with Gasteiger partial charge in [-0.15, -0.1) is 0 Å². The Kier molecular flexibility index (Phi) is 8.79. The fourth-order valence-electron chi connectivity index (χ4n) is 3.46. The molecule has 0 aromatic carbocycles. The molecule has 0 bridgehead atoms. The van der Waals surface area contributed by atoms with Gasteiger partial charge in [0, 0.05) is 12.6 Å². The highest BCUT2D eigenvalue weighted by molar-refractivity contribution is 4.79. The van der Waals surface area contributed by atoms with E-state index < -0.39 is 0 Å². The highest BCUT2D eigenvalue weighted by Gasteiger charge is 2.23. The molecule has 1 rings (SSSR count). The van der Waals surface area contributed by atoms with Gasteiger partial charge < -0.3 is 5.32 Å². The van der Waals surface area contributed by atoms with Crippen LogP contribution in [0, 0.1) is 17.8 Å². The van der Waals surface area contributed by atoms with Gasteiger partial charge in [-0.1, -0.05) is 41.0 Å². The first-order valence-electron chi connectivity index (χ1n) is 8.99. The second-order valence-corrected chi connectivity index (χ2v) is 7.47. The fourth-order valence-corrected chi connectivity index (χ4v) is 3.46. The van der Waals surface area contributed by atoms with Gasteiger partial charge in [-0.05, 0) is 63.1 Å². The van der Waals surface area contributed by atoms with E-state index in [9.17, 15) is 0 Å². The second-order valence-electron chi connectivity index (χ2n) is 7.47. The molecule has 2 unspecified atom stereocenters. The molecule has 2 atom stereocenters. The zero-order valence-electron chi connectivity index (χ0n) is 14.6. The first-order valence-corrected chi connectivity index (χ1v) is 8.99. The molecule has 1 aliphatic heterocycles. The lowest BCUT2D eigenvalue weighted by atomic mass is 9.89. The maximum atomic E-state index is 3.68. The number of rotatable bonds is 8. The number of hydrogen-bond donors (Lipinski definition) is 1. The van der Waals surface area contributed by atoms with Crippen molar-refractivity contribution in [3.63, 3.8) is 0 Å². The maximum Gasteiger partial charge on any atom is 0.0220 e. The molecule has 20 heavy (non-hydrogen) atoms. The van der Waals surface area contributed by atoms with Crippen molar-refractivity contribution in [1.29, 1.82) is 0 Å². The molecule has 1 aliphatic rings. The molecule has 2 nitrogen and oxygen atoms in total. The standard InChI is InChI=1S/C18H38N2/c1-6-8-18(14-19-13-15(2)3)20-11-7-9-17(10-12-20)16(4)5/h15-19H,6-14H2,1-5H3. The Morgan fingerprint density at radius 3 is 2.40 bits per heavy atom. The monoisotopic (exact) mass is 282 g/mol. The van der Waals surface area contributed by atoms with Crippen LogP contribution in [0.3, 0.4) is 0 Å². The van der Waals surface area contributed by atoms with Crippen molar-refractivity contribution in [3.05, 3.63) is 0 Å². The molecule has 0 amide bonds. The number of likely N-dealkylation sites (tertiary alicyclic amines) is 1. The third-order valence-electron chi connectivity index (χ3n) is 4.82. The maximum absolute atomic E-state index is 3.68. The Labute approximate surface area is 127 Å². The van der Waals surface area contributed by atoms with Crippen LogP contribution in [0.25, 0.3) is 0 Å².